The summed E-state index contributed by atoms with van der Waals surface area (Å²) in [5, 5.41) is 15.6. The number of fused-ring (bicyclic) bond motifs is 6. The predicted octanol–water partition coefficient (Wildman–Crippen LogP) is 3.09. The van der Waals surface area contributed by atoms with Crippen LogP contribution in [-0.2, 0) is 14.3 Å². The average molecular weight is 586 g/mol. The van der Waals surface area contributed by atoms with Gasteiger partial charge in [0.25, 0.3) is 5.91 Å². The monoisotopic (exact) mass is 585 g/mol. The molecular formula is C30H37F2N5O5. The first-order chi connectivity index (χ1) is 19.9. The number of alkyl carbamates (subject to hydrolysis) is 1. The molecule has 3 amide bonds. The fourth-order valence-corrected chi connectivity index (χ4v) is 8.11. The summed E-state index contributed by atoms with van der Waals surface area (Å²) in [6.07, 6.45) is -0.430. The van der Waals surface area contributed by atoms with Gasteiger partial charge in [0, 0.05) is 25.6 Å². The minimum atomic E-state index is -1.56. The van der Waals surface area contributed by atoms with E-state index in [1.165, 1.54) is 30.2 Å². The van der Waals surface area contributed by atoms with Crippen molar-refractivity contribution in [3.63, 3.8) is 0 Å². The Bertz CT molecular complexity index is 1350. The number of methoxy groups -OCH3 is 1. The number of para-hydroxylation sites is 1. The van der Waals surface area contributed by atoms with Gasteiger partial charge in [-0.25, -0.2) is 13.6 Å². The molecule has 42 heavy (non-hydrogen) atoms. The highest BCUT2D eigenvalue weighted by molar-refractivity contribution is 6.02. The number of hydrogen-bond donors (Lipinski definition) is 2. The molecular weight excluding hydrogens is 548 g/mol. The lowest BCUT2D eigenvalue weighted by Crippen LogP contribution is -2.58. The van der Waals surface area contributed by atoms with E-state index in [0.717, 1.165) is 6.42 Å². The number of carbonyl (C=O) groups is 3. The molecule has 1 aromatic carbocycles. The molecule has 226 valence electrons. The van der Waals surface area contributed by atoms with E-state index in [2.05, 4.69) is 16.7 Å². The minimum Gasteiger partial charge on any atom is -0.473 e. The van der Waals surface area contributed by atoms with Gasteiger partial charge >= 0.3 is 6.09 Å². The molecule has 2 aliphatic carbocycles. The number of halogens is 2. The quantitative estimate of drug-likeness (QED) is 0.557. The predicted molar refractivity (Wildman–Crippen MR) is 146 cm³/mol. The van der Waals surface area contributed by atoms with E-state index in [9.17, 15) is 24.0 Å². The molecule has 1 spiro atoms. The largest absolute Gasteiger partial charge is 0.473 e. The zero-order chi connectivity index (χ0) is 30.1. The molecule has 1 aromatic rings. The fraction of sp³-hybridized carbons (Fsp3) is 0.667. The number of ether oxygens (including phenoxy) is 2. The highest BCUT2D eigenvalue weighted by Crippen LogP contribution is 2.59. The number of hydrogen-bond acceptors (Lipinski definition) is 7. The summed E-state index contributed by atoms with van der Waals surface area (Å²) in [6, 6.07) is 4.30. The van der Waals surface area contributed by atoms with Crippen molar-refractivity contribution in [1.29, 1.82) is 5.26 Å². The van der Waals surface area contributed by atoms with Crippen LogP contribution in [0.25, 0.3) is 0 Å². The summed E-state index contributed by atoms with van der Waals surface area (Å²) in [5.74, 6) is -1.68. The standard InChI is InChI=1S/C30H37F2N5O5/c1-29(2,3)22(34-28(40)41-4)13-36-12-18-15-8-17(20(32)9-15)23(18)25(36)26(38)37-14-30(10-16(37)11-33)27(39)35-24-19(31)6-5-7-21(24)42-30/h5-7,15-18,20,22-23,25H,8-10,12-14H2,1-4H3,(H,34,40)(H,35,39)/t15-,16-,17+,18+,20+,22+,23-,25-,30+/m0/s1. The van der Waals surface area contributed by atoms with Gasteiger partial charge in [0.15, 0.2) is 5.82 Å². The number of nitrogens with zero attached hydrogens (tertiary/aromatic N) is 3. The third kappa shape index (κ3) is 4.48. The number of amides is 3. The Balaban J connectivity index is 1.31. The summed E-state index contributed by atoms with van der Waals surface area (Å²) >= 11 is 0. The van der Waals surface area contributed by atoms with Crippen LogP contribution in [0, 0.1) is 46.2 Å². The first kappa shape index (κ1) is 28.6. The van der Waals surface area contributed by atoms with Crippen LogP contribution in [0.5, 0.6) is 5.75 Å². The van der Waals surface area contributed by atoms with Gasteiger partial charge in [0.2, 0.25) is 11.5 Å². The molecule has 0 unspecified atom stereocenters. The minimum absolute atomic E-state index is 0.0708. The molecule has 6 rings (SSSR count). The van der Waals surface area contributed by atoms with Crippen molar-refractivity contribution in [3.8, 4) is 11.8 Å². The average Bonchev–Trinajstić information content (AvgIpc) is 3.68. The Morgan fingerprint density at radius 2 is 2.07 bits per heavy atom. The van der Waals surface area contributed by atoms with Crippen LogP contribution in [0.3, 0.4) is 0 Å². The van der Waals surface area contributed by atoms with Gasteiger partial charge in [0.1, 0.15) is 23.7 Å². The maximum Gasteiger partial charge on any atom is 0.407 e. The third-order valence-electron chi connectivity index (χ3n) is 10.2. The molecule has 2 N–H and O–H groups in total. The molecule has 3 aliphatic heterocycles. The maximum atomic E-state index is 15.1. The smallest absolute Gasteiger partial charge is 0.407 e. The fourth-order valence-electron chi connectivity index (χ4n) is 8.11. The zero-order valence-electron chi connectivity index (χ0n) is 24.2. The highest BCUT2D eigenvalue weighted by Gasteiger charge is 2.64. The van der Waals surface area contributed by atoms with E-state index in [1.807, 2.05) is 25.7 Å². The molecule has 2 bridgehead atoms. The van der Waals surface area contributed by atoms with Crippen LogP contribution in [0.15, 0.2) is 18.2 Å². The summed E-state index contributed by atoms with van der Waals surface area (Å²) < 4.78 is 40.4. The second-order valence-electron chi connectivity index (χ2n) is 13.6. The van der Waals surface area contributed by atoms with Gasteiger partial charge in [0.05, 0.1) is 25.8 Å². The number of carbonyl (C=O) groups excluding carboxylic acids is 3. The van der Waals surface area contributed by atoms with Crippen LogP contribution < -0.4 is 15.4 Å². The van der Waals surface area contributed by atoms with E-state index in [4.69, 9.17) is 9.47 Å². The van der Waals surface area contributed by atoms with Crippen LogP contribution >= 0.6 is 0 Å². The molecule has 0 radical (unpaired) electrons. The van der Waals surface area contributed by atoms with E-state index in [0.29, 0.717) is 19.5 Å². The van der Waals surface area contributed by atoms with Crippen LogP contribution in [0.4, 0.5) is 19.3 Å². The topological polar surface area (TPSA) is 124 Å². The lowest BCUT2D eigenvalue weighted by molar-refractivity contribution is -0.140. The summed E-state index contributed by atoms with van der Waals surface area (Å²) in [7, 11) is 1.29. The number of benzene rings is 1. The lowest BCUT2D eigenvalue weighted by atomic mass is 9.77. The van der Waals surface area contributed by atoms with Gasteiger partial charge < -0.3 is 25.0 Å². The van der Waals surface area contributed by atoms with Crippen LogP contribution in [-0.4, -0.2) is 84.3 Å². The lowest BCUT2D eigenvalue weighted by Gasteiger charge is -2.39. The third-order valence-corrected chi connectivity index (χ3v) is 10.2. The van der Waals surface area contributed by atoms with Crippen molar-refractivity contribution >= 4 is 23.6 Å². The van der Waals surface area contributed by atoms with Crippen molar-refractivity contribution < 1.29 is 32.6 Å². The summed E-state index contributed by atoms with van der Waals surface area (Å²) in [6.45, 7) is 6.67. The molecule has 9 atom stereocenters. The summed E-state index contributed by atoms with van der Waals surface area (Å²) in [5.41, 5.74) is -2.01. The van der Waals surface area contributed by atoms with Crippen molar-refractivity contribution in [2.24, 2.45) is 29.1 Å². The van der Waals surface area contributed by atoms with Gasteiger partial charge in [-0.2, -0.15) is 5.26 Å². The molecule has 2 saturated carbocycles. The Kier molecular flexibility index (Phi) is 6.87. The zero-order valence-corrected chi connectivity index (χ0v) is 24.2. The van der Waals surface area contributed by atoms with Crippen LogP contribution in [0.2, 0.25) is 0 Å². The van der Waals surface area contributed by atoms with Crippen molar-refractivity contribution in [1.82, 2.24) is 15.1 Å². The van der Waals surface area contributed by atoms with E-state index in [-0.39, 0.29) is 65.4 Å². The summed E-state index contributed by atoms with van der Waals surface area (Å²) in [4.78, 5) is 43.5. The van der Waals surface area contributed by atoms with Gasteiger partial charge in [-0.05, 0) is 54.1 Å². The Labute approximate surface area is 243 Å². The van der Waals surface area contributed by atoms with Crippen LogP contribution in [0.1, 0.15) is 40.0 Å². The molecule has 10 nitrogen and oxygen atoms in total. The number of anilines is 1. The molecule has 0 aromatic heterocycles. The number of likely N-dealkylation sites (tertiary alicyclic amines) is 2. The molecule has 12 heteroatoms. The normalized spacial score (nSPS) is 35.7. The Morgan fingerprint density at radius 1 is 1.31 bits per heavy atom. The number of nitrogens with one attached hydrogen (secondary N) is 2. The Hall–Kier alpha value is -3.46. The second kappa shape index (κ2) is 10.1. The van der Waals surface area contributed by atoms with Gasteiger partial charge in [-0.1, -0.05) is 26.8 Å². The van der Waals surface area contributed by atoms with Gasteiger partial charge in [-0.15, -0.1) is 0 Å². The molecule has 4 fully saturated rings. The SMILES string of the molecule is COC(=O)N[C@H](CN1C[C@@H]2[C@H]3C[C@@H]([C@@H]2[C@H]1C(=O)N1C[C@@]2(C[C@H]1C#N)Oc1cccc(F)c1NC2=O)[C@H](F)C3)C(C)(C)C. The first-order valence-corrected chi connectivity index (χ1v) is 14.6. The second-order valence-corrected chi connectivity index (χ2v) is 13.6. The maximum absolute atomic E-state index is 15.1. The van der Waals surface area contributed by atoms with E-state index in [1.54, 1.807) is 0 Å². The number of nitriles is 1. The van der Waals surface area contributed by atoms with Crippen molar-refractivity contribution in [2.45, 2.75) is 69.9 Å². The molecule has 3 heterocycles. The molecule has 5 aliphatic rings. The highest BCUT2D eigenvalue weighted by atomic mass is 19.1. The molecule has 2 saturated heterocycles. The van der Waals surface area contributed by atoms with E-state index >= 15 is 4.39 Å². The number of alkyl halides is 1. The van der Waals surface area contributed by atoms with E-state index < -0.39 is 41.7 Å². The Morgan fingerprint density at radius 3 is 2.76 bits per heavy atom. The van der Waals surface area contributed by atoms with Gasteiger partial charge in [-0.3, -0.25) is 14.5 Å². The number of rotatable bonds is 4. The van der Waals surface area contributed by atoms with Crippen molar-refractivity contribution in [3.05, 3.63) is 24.0 Å². The first-order valence-electron chi connectivity index (χ1n) is 14.6. The van der Waals surface area contributed by atoms with Crippen molar-refractivity contribution in [2.75, 3.05) is 32.1 Å².